The number of carboxylic acid groups (broad SMARTS) is 1. The van der Waals surface area contributed by atoms with Crippen molar-refractivity contribution in [3.63, 3.8) is 0 Å². The fourth-order valence-corrected chi connectivity index (χ4v) is 2.39. The van der Waals surface area contributed by atoms with E-state index in [9.17, 15) is 9.90 Å². The molecule has 0 saturated heterocycles. The second kappa shape index (κ2) is 6.67. The summed E-state index contributed by atoms with van der Waals surface area (Å²) >= 11 is 3.26. The highest BCUT2D eigenvalue weighted by Crippen LogP contribution is 2.23. The zero-order valence-electron chi connectivity index (χ0n) is 11.9. The fraction of sp³-hybridized carbons (Fsp3) is 0.267. The molecule has 0 aliphatic carbocycles. The number of carbonyl (C=O) groups is 1. The Balaban J connectivity index is 2.35. The van der Waals surface area contributed by atoms with Gasteiger partial charge in [0.25, 0.3) is 0 Å². The molecule has 0 aliphatic heterocycles. The molecule has 0 amide bonds. The Morgan fingerprint density at radius 3 is 2.81 bits per heavy atom. The van der Waals surface area contributed by atoms with Crippen molar-refractivity contribution in [3.05, 3.63) is 51.9 Å². The van der Waals surface area contributed by atoms with E-state index in [4.69, 9.17) is 0 Å². The summed E-state index contributed by atoms with van der Waals surface area (Å²) < 4.78 is 0.647. The fourth-order valence-electron chi connectivity index (χ4n) is 2.06. The van der Waals surface area contributed by atoms with E-state index in [-0.39, 0.29) is 5.56 Å². The van der Waals surface area contributed by atoms with Gasteiger partial charge in [-0.1, -0.05) is 6.07 Å². The molecule has 2 heterocycles. The first-order valence-corrected chi connectivity index (χ1v) is 7.37. The molecule has 0 fully saturated rings. The van der Waals surface area contributed by atoms with E-state index in [1.165, 1.54) is 0 Å². The van der Waals surface area contributed by atoms with Gasteiger partial charge >= 0.3 is 5.97 Å². The highest BCUT2D eigenvalue weighted by molar-refractivity contribution is 9.10. The molecule has 0 saturated carbocycles. The molecule has 0 bridgehead atoms. The minimum atomic E-state index is -0.991. The summed E-state index contributed by atoms with van der Waals surface area (Å²) in [5, 5.41) is 9.34. The number of aromatic carboxylic acids is 1. The van der Waals surface area contributed by atoms with Crippen LogP contribution >= 0.6 is 15.9 Å². The predicted molar refractivity (Wildman–Crippen MR) is 84.6 cm³/mol. The molecule has 0 spiro atoms. The molecule has 0 unspecified atom stereocenters. The van der Waals surface area contributed by atoms with Crippen LogP contribution in [-0.4, -0.2) is 27.6 Å². The van der Waals surface area contributed by atoms with Gasteiger partial charge in [0.05, 0.1) is 12.2 Å². The van der Waals surface area contributed by atoms with Crippen molar-refractivity contribution in [1.82, 2.24) is 9.97 Å². The molecule has 21 heavy (non-hydrogen) atoms. The van der Waals surface area contributed by atoms with Crippen LogP contribution in [0.3, 0.4) is 0 Å². The van der Waals surface area contributed by atoms with Crippen molar-refractivity contribution in [2.45, 2.75) is 20.4 Å². The Morgan fingerprint density at radius 1 is 1.43 bits per heavy atom. The molecular formula is C15H16BrN3O2. The molecule has 1 N–H and O–H groups in total. The number of anilines is 1. The minimum absolute atomic E-state index is 0.180. The van der Waals surface area contributed by atoms with E-state index in [2.05, 4.69) is 25.9 Å². The van der Waals surface area contributed by atoms with Gasteiger partial charge in [0.2, 0.25) is 0 Å². The summed E-state index contributed by atoms with van der Waals surface area (Å²) in [6, 6.07) is 7.37. The van der Waals surface area contributed by atoms with Gasteiger partial charge in [-0.05, 0) is 48.0 Å². The standard InChI is InChI=1S/C15H16BrN3O2/c1-3-19(9-12-6-4-5-10(2)18-12)14-13(15(20)21)7-11(16)8-17-14/h4-8H,3,9H2,1-2H3,(H,20,21). The Kier molecular flexibility index (Phi) is 4.90. The average molecular weight is 350 g/mol. The third kappa shape index (κ3) is 3.78. The lowest BCUT2D eigenvalue weighted by Crippen LogP contribution is -2.26. The first-order chi connectivity index (χ1) is 10.0. The first kappa shape index (κ1) is 15.4. The van der Waals surface area contributed by atoms with Crippen LogP contribution < -0.4 is 4.90 Å². The number of hydrogen-bond donors (Lipinski definition) is 1. The predicted octanol–water partition coefficient (Wildman–Crippen LogP) is 3.27. The number of rotatable bonds is 5. The van der Waals surface area contributed by atoms with Crippen LogP contribution in [0.2, 0.25) is 0 Å². The number of halogens is 1. The highest BCUT2D eigenvalue weighted by Gasteiger charge is 2.18. The molecule has 5 nitrogen and oxygen atoms in total. The van der Waals surface area contributed by atoms with E-state index >= 15 is 0 Å². The Morgan fingerprint density at radius 2 is 2.19 bits per heavy atom. The van der Waals surface area contributed by atoms with E-state index in [0.29, 0.717) is 23.4 Å². The maximum absolute atomic E-state index is 11.4. The summed E-state index contributed by atoms with van der Waals surface area (Å²) in [4.78, 5) is 22.0. The van der Waals surface area contributed by atoms with E-state index < -0.39 is 5.97 Å². The maximum atomic E-state index is 11.4. The maximum Gasteiger partial charge on any atom is 0.339 e. The monoisotopic (exact) mass is 349 g/mol. The molecule has 2 rings (SSSR count). The number of aromatic nitrogens is 2. The number of pyridine rings is 2. The molecule has 0 aromatic carbocycles. The highest BCUT2D eigenvalue weighted by atomic mass is 79.9. The van der Waals surface area contributed by atoms with Crippen molar-refractivity contribution in [2.24, 2.45) is 0 Å². The largest absolute Gasteiger partial charge is 0.478 e. The molecule has 2 aromatic heterocycles. The summed E-state index contributed by atoms with van der Waals surface area (Å²) in [5.41, 5.74) is 2.00. The van der Waals surface area contributed by atoms with Crippen LogP contribution in [0.25, 0.3) is 0 Å². The third-order valence-electron chi connectivity index (χ3n) is 3.04. The molecule has 2 aromatic rings. The molecule has 0 aliphatic rings. The van der Waals surface area contributed by atoms with Gasteiger partial charge in [-0.3, -0.25) is 4.98 Å². The average Bonchev–Trinajstić information content (AvgIpc) is 2.45. The zero-order valence-corrected chi connectivity index (χ0v) is 13.5. The van der Waals surface area contributed by atoms with Crippen molar-refractivity contribution in [1.29, 1.82) is 0 Å². The van der Waals surface area contributed by atoms with Crippen molar-refractivity contribution >= 4 is 27.7 Å². The van der Waals surface area contributed by atoms with Crippen LogP contribution in [0.15, 0.2) is 34.9 Å². The molecule has 110 valence electrons. The van der Waals surface area contributed by atoms with Crippen molar-refractivity contribution in [2.75, 3.05) is 11.4 Å². The van der Waals surface area contributed by atoms with Crippen LogP contribution in [0.1, 0.15) is 28.7 Å². The summed E-state index contributed by atoms with van der Waals surface area (Å²) in [6.07, 6.45) is 1.61. The van der Waals surface area contributed by atoms with Gasteiger partial charge in [0, 0.05) is 22.9 Å². The second-order valence-electron chi connectivity index (χ2n) is 4.61. The number of hydrogen-bond acceptors (Lipinski definition) is 4. The van der Waals surface area contributed by atoms with Crippen LogP contribution in [-0.2, 0) is 6.54 Å². The summed E-state index contributed by atoms with van der Waals surface area (Å²) in [5.74, 6) is -0.536. The van der Waals surface area contributed by atoms with Crippen LogP contribution in [0.4, 0.5) is 5.82 Å². The molecule has 0 radical (unpaired) electrons. The van der Waals surface area contributed by atoms with Crippen molar-refractivity contribution < 1.29 is 9.90 Å². The number of nitrogens with zero attached hydrogens (tertiary/aromatic N) is 3. The van der Waals surface area contributed by atoms with Gasteiger partial charge in [0.1, 0.15) is 11.4 Å². The van der Waals surface area contributed by atoms with E-state index in [1.807, 2.05) is 36.9 Å². The lowest BCUT2D eigenvalue weighted by atomic mass is 10.2. The first-order valence-electron chi connectivity index (χ1n) is 6.57. The van der Waals surface area contributed by atoms with Gasteiger partial charge in [-0.2, -0.15) is 0 Å². The molecule has 6 heteroatoms. The number of aryl methyl sites for hydroxylation is 1. The SMILES string of the molecule is CCN(Cc1cccc(C)n1)c1ncc(Br)cc1C(=O)O. The van der Waals surface area contributed by atoms with E-state index in [1.54, 1.807) is 12.3 Å². The van der Waals surface area contributed by atoms with Crippen LogP contribution in [0, 0.1) is 6.92 Å². The summed E-state index contributed by atoms with van der Waals surface area (Å²) in [7, 11) is 0. The lowest BCUT2D eigenvalue weighted by molar-refractivity contribution is 0.0697. The Bertz CT molecular complexity index is 661. The van der Waals surface area contributed by atoms with Gasteiger partial charge in [-0.15, -0.1) is 0 Å². The minimum Gasteiger partial charge on any atom is -0.478 e. The van der Waals surface area contributed by atoms with Gasteiger partial charge < -0.3 is 10.0 Å². The molecule has 0 atom stereocenters. The lowest BCUT2D eigenvalue weighted by Gasteiger charge is -2.23. The summed E-state index contributed by atoms with van der Waals surface area (Å²) in [6.45, 7) is 5.06. The molecular weight excluding hydrogens is 334 g/mol. The Labute approximate surface area is 131 Å². The van der Waals surface area contributed by atoms with Crippen LogP contribution in [0.5, 0.6) is 0 Å². The quantitative estimate of drug-likeness (QED) is 0.897. The van der Waals surface area contributed by atoms with Crippen molar-refractivity contribution in [3.8, 4) is 0 Å². The Hall–Kier alpha value is -1.95. The topological polar surface area (TPSA) is 66.3 Å². The normalized spacial score (nSPS) is 10.4. The van der Waals surface area contributed by atoms with Gasteiger partial charge in [-0.25, -0.2) is 9.78 Å². The van der Waals surface area contributed by atoms with E-state index in [0.717, 1.165) is 11.4 Å². The number of carboxylic acids is 1. The third-order valence-corrected chi connectivity index (χ3v) is 3.48. The second-order valence-corrected chi connectivity index (χ2v) is 5.53. The zero-order chi connectivity index (χ0) is 15.4. The smallest absolute Gasteiger partial charge is 0.339 e. The van der Waals surface area contributed by atoms with Gasteiger partial charge in [0.15, 0.2) is 0 Å².